The van der Waals surface area contributed by atoms with Gasteiger partial charge in [0.2, 0.25) is 0 Å². The molecule has 0 bridgehead atoms. The lowest BCUT2D eigenvalue weighted by atomic mass is 9.48. The van der Waals surface area contributed by atoms with Crippen molar-refractivity contribution >= 4 is 5.78 Å². The highest BCUT2D eigenvalue weighted by atomic mass is 16.7. The van der Waals surface area contributed by atoms with Crippen molar-refractivity contribution in [3.63, 3.8) is 0 Å². The molecule has 1 saturated heterocycles. The summed E-state index contributed by atoms with van der Waals surface area (Å²) in [5.41, 5.74) is 1.70. The molecular formula is C23H34O3. The van der Waals surface area contributed by atoms with Gasteiger partial charge in [-0.1, -0.05) is 45.4 Å². The van der Waals surface area contributed by atoms with Crippen molar-refractivity contribution in [3.05, 3.63) is 23.8 Å². The van der Waals surface area contributed by atoms with E-state index in [0.29, 0.717) is 23.5 Å². The van der Waals surface area contributed by atoms with Gasteiger partial charge in [-0.2, -0.15) is 0 Å². The summed E-state index contributed by atoms with van der Waals surface area (Å²) in [4.78, 5) is 12.4. The van der Waals surface area contributed by atoms with Gasteiger partial charge in [-0.3, -0.25) is 4.79 Å². The van der Waals surface area contributed by atoms with Crippen LogP contribution in [-0.2, 0) is 14.3 Å². The van der Waals surface area contributed by atoms with Crippen LogP contribution in [0.5, 0.6) is 0 Å². The average molecular weight is 359 g/mol. The molecule has 0 aromatic rings. The highest BCUT2D eigenvalue weighted by Crippen LogP contribution is 2.64. The maximum Gasteiger partial charge on any atom is 0.172 e. The minimum Gasteiger partial charge on any atom is -0.347 e. The molecule has 1 heterocycles. The zero-order valence-electron chi connectivity index (χ0n) is 16.8. The maximum atomic E-state index is 12.4. The normalized spacial score (nSPS) is 45.3. The molecule has 3 heteroatoms. The highest BCUT2D eigenvalue weighted by molar-refractivity contribution is 5.97. The monoisotopic (exact) mass is 358 g/mol. The Morgan fingerprint density at radius 3 is 2.50 bits per heavy atom. The Kier molecular flexibility index (Phi) is 4.47. The summed E-state index contributed by atoms with van der Waals surface area (Å²) in [6.07, 6.45) is 13.0. The third-order valence-corrected chi connectivity index (χ3v) is 8.19. The molecule has 0 radical (unpaired) electrons. The van der Waals surface area contributed by atoms with Crippen molar-refractivity contribution in [1.29, 1.82) is 0 Å². The molecule has 0 amide bonds. The van der Waals surface area contributed by atoms with Crippen molar-refractivity contribution in [1.82, 2.24) is 0 Å². The van der Waals surface area contributed by atoms with E-state index < -0.39 is 0 Å². The Morgan fingerprint density at radius 2 is 1.77 bits per heavy atom. The number of rotatable bonds is 0. The topological polar surface area (TPSA) is 35.5 Å². The summed E-state index contributed by atoms with van der Waals surface area (Å²) in [7, 11) is 0. The molecule has 2 saturated carbocycles. The van der Waals surface area contributed by atoms with Gasteiger partial charge in [-0.15, -0.1) is 0 Å². The Hall–Kier alpha value is -0.930. The van der Waals surface area contributed by atoms with Crippen molar-refractivity contribution in [2.24, 2.45) is 28.6 Å². The van der Waals surface area contributed by atoms with Crippen LogP contribution in [0.15, 0.2) is 23.8 Å². The predicted molar refractivity (Wildman–Crippen MR) is 103 cm³/mol. The van der Waals surface area contributed by atoms with Gasteiger partial charge in [0.05, 0.1) is 13.2 Å². The van der Waals surface area contributed by atoms with Crippen LogP contribution in [0.25, 0.3) is 0 Å². The van der Waals surface area contributed by atoms with E-state index in [0.717, 1.165) is 45.3 Å². The van der Waals surface area contributed by atoms with Crippen LogP contribution in [0.4, 0.5) is 0 Å². The fourth-order valence-electron chi connectivity index (χ4n) is 6.63. The second kappa shape index (κ2) is 6.31. The Balaban J connectivity index is 0.000000814. The minimum absolute atomic E-state index is 0.129. The number of ketones is 1. The second-order valence-corrected chi connectivity index (χ2v) is 9.14. The van der Waals surface area contributed by atoms with Crippen LogP contribution in [0, 0.1) is 28.6 Å². The molecule has 1 spiro atoms. The third-order valence-electron chi connectivity index (χ3n) is 8.19. The molecule has 5 rings (SSSR count). The molecule has 3 fully saturated rings. The van der Waals surface area contributed by atoms with E-state index in [9.17, 15) is 4.79 Å². The molecular weight excluding hydrogens is 324 g/mol. The number of hydrogen-bond donors (Lipinski definition) is 0. The SMILES string of the molecule is CC.CC12CCC3C(CC=C4CC5(CC[C@@]43C)OCCO5)C1C=CC2=O. The number of carbonyl (C=O) groups is 1. The van der Waals surface area contributed by atoms with Crippen LogP contribution < -0.4 is 0 Å². The molecule has 0 aromatic carbocycles. The number of hydrogen-bond acceptors (Lipinski definition) is 3. The van der Waals surface area contributed by atoms with Gasteiger partial charge < -0.3 is 9.47 Å². The summed E-state index contributed by atoms with van der Waals surface area (Å²) in [6, 6.07) is 0. The van der Waals surface area contributed by atoms with Gasteiger partial charge in [0.25, 0.3) is 0 Å². The molecule has 4 aliphatic carbocycles. The smallest absolute Gasteiger partial charge is 0.172 e. The molecule has 5 atom stereocenters. The van der Waals surface area contributed by atoms with E-state index >= 15 is 0 Å². The summed E-state index contributed by atoms with van der Waals surface area (Å²) in [6.45, 7) is 10.2. The quantitative estimate of drug-likeness (QED) is 0.568. The molecule has 144 valence electrons. The second-order valence-electron chi connectivity index (χ2n) is 9.14. The van der Waals surface area contributed by atoms with Crippen molar-refractivity contribution in [2.75, 3.05) is 13.2 Å². The maximum absolute atomic E-state index is 12.4. The summed E-state index contributed by atoms with van der Waals surface area (Å²) < 4.78 is 12.0. The van der Waals surface area contributed by atoms with Crippen molar-refractivity contribution in [2.45, 2.75) is 72.0 Å². The standard InChI is InChI=1S/C21H28O3.C2H6/c1-19-9-10-21(23-11-12-24-21)13-14(19)3-4-15-16-5-6-18(22)20(16,2)8-7-17(15)19;1-2/h3,5-6,15-17H,4,7-13H2,1-2H3;1-2H3/t15?,16?,17?,19-,20?;/m0./s1. The van der Waals surface area contributed by atoms with Crippen LogP contribution in [0.2, 0.25) is 0 Å². The largest absolute Gasteiger partial charge is 0.347 e. The van der Waals surface area contributed by atoms with Gasteiger partial charge >= 0.3 is 0 Å². The van der Waals surface area contributed by atoms with Crippen LogP contribution >= 0.6 is 0 Å². The predicted octanol–water partition coefficient (Wildman–Crippen LogP) is 5.06. The summed E-state index contributed by atoms with van der Waals surface area (Å²) in [5, 5.41) is 0. The molecule has 5 aliphatic rings. The fraction of sp³-hybridized carbons (Fsp3) is 0.783. The van der Waals surface area contributed by atoms with E-state index in [1.54, 1.807) is 5.57 Å². The van der Waals surface area contributed by atoms with E-state index in [4.69, 9.17) is 9.47 Å². The number of fused-ring (bicyclic) bond motifs is 5. The number of carbonyl (C=O) groups excluding carboxylic acids is 1. The minimum atomic E-state index is -0.329. The number of allylic oxidation sites excluding steroid dienone is 3. The average Bonchev–Trinajstić information content (AvgIpc) is 3.23. The first-order valence-electron chi connectivity index (χ1n) is 10.7. The lowest BCUT2D eigenvalue weighted by Crippen LogP contribution is -2.52. The first-order chi connectivity index (χ1) is 12.5. The van der Waals surface area contributed by atoms with Crippen molar-refractivity contribution < 1.29 is 14.3 Å². The zero-order valence-corrected chi connectivity index (χ0v) is 16.8. The van der Waals surface area contributed by atoms with Crippen LogP contribution in [0.3, 0.4) is 0 Å². The first kappa shape index (κ1) is 18.4. The summed E-state index contributed by atoms with van der Waals surface area (Å²) >= 11 is 0. The highest BCUT2D eigenvalue weighted by Gasteiger charge is 2.59. The van der Waals surface area contributed by atoms with Gasteiger partial charge in [-0.25, -0.2) is 0 Å². The lowest BCUT2D eigenvalue weighted by molar-refractivity contribution is -0.184. The number of ether oxygens (including phenoxy) is 2. The summed E-state index contributed by atoms with van der Waals surface area (Å²) in [5.74, 6) is 1.80. The third kappa shape index (κ3) is 2.43. The molecule has 4 unspecified atom stereocenters. The van der Waals surface area contributed by atoms with Gasteiger partial charge in [-0.05, 0) is 54.9 Å². The fourth-order valence-corrected chi connectivity index (χ4v) is 6.63. The molecule has 0 N–H and O–H groups in total. The Labute approximate surface area is 158 Å². The van der Waals surface area contributed by atoms with Gasteiger partial charge in [0.1, 0.15) is 0 Å². The molecule has 26 heavy (non-hydrogen) atoms. The van der Waals surface area contributed by atoms with E-state index in [-0.39, 0.29) is 16.6 Å². The van der Waals surface area contributed by atoms with E-state index in [1.165, 1.54) is 6.42 Å². The van der Waals surface area contributed by atoms with E-state index in [2.05, 4.69) is 26.0 Å². The molecule has 0 aromatic heterocycles. The Bertz CT molecular complexity index is 642. The van der Waals surface area contributed by atoms with Crippen LogP contribution in [0.1, 0.15) is 66.2 Å². The van der Waals surface area contributed by atoms with Crippen molar-refractivity contribution in [3.8, 4) is 0 Å². The lowest BCUT2D eigenvalue weighted by Gasteiger charge is -2.57. The Morgan fingerprint density at radius 1 is 1.04 bits per heavy atom. The van der Waals surface area contributed by atoms with Crippen LogP contribution in [-0.4, -0.2) is 24.8 Å². The zero-order chi connectivity index (χ0) is 18.6. The van der Waals surface area contributed by atoms with Gasteiger partial charge in [0.15, 0.2) is 11.6 Å². The van der Waals surface area contributed by atoms with E-state index in [1.807, 2.05) is 19.9 Å². The molecule has 1 aliphatic heterocycles. The molecule has 3 nitrogen and oxygen atoms in total. The van der Waals surface area contributed by atoms with Gasteiger partial charge in [0, 0.05) is 18.3 Å². The first-order valence-corrected chi connectivity index (χ1v) is 10.7.